The highest BCUT2D eigenvalue weighted by Crippen LogP contribution is 2.24. The number of fused-ring (bicyclic) bond motifs is 1. The third-order valence-electron chi connectivity index (χ3n) is 5.37. The summed E-state index contributed by atoms with van der Waals surface area (Å²) in [5.74, 6) is -0.114. The molecule has 0 aliphatic rings. The Kier molecular flexibility index (Phi) is 5.88. The molecule has 160 valence electrons. The molecule has 0 saturated carbocycles. The van der Waals surface area contributed by atoms with Gasteiger partial charge in [-0.15, -0.1) is 0 Å². The second-order valence-electron chi connectivity index (χ2n) is 8.82. The molecule has 2 N–H and O–H groups in total. The number of nitrogens with one attached hydrogen (secondary N) is 2. The van der Waals surface area contributed by atoms with Gasteiger partial charge in [-0.3, -0.25) is 9.48 Å². The van der Waals surface area contributed by atoms with Gasteiger partial charge in [0.05, 0.1) is 12.2 Å². The van der Waals surface area contributed by atoms with Gasteiger partial charge in [0, 0.05) is 34.1 Å². The molecule has 0 saturated heterocycles. The second-order valence-corrected chi connectivity index (χ2v) is 9.25. The Labute approximate surface area is 187 Å². The van der Waals surface area contributed by atoms with Gasteiger partial charge < -0.3 is 10.3 Å². The molecule has 2 aromatic heterocycles. The first kappa shape index (κ1) is 21.2. The maximum atomic E-state index is 13.0. The summed E-state index contributed by atoms with van der Waals surface area (Å²) in [5.41, 5.74) is 4.62. The minimum Gasteiger partial charge on any atom is -0.361 e. The molecule has 0 fully saturated rings. The van der Waals surface area contributed by atoms with Gasteiger partial charge >= 0.3 is 0 Å². The van der Waals surface area contributed by atoms with E-state index in [1.807, 2.05) is 60.8 Å². The molecule has 0 unspecified atom stereocenters. The predicted molar refractivity (Wildman–Crippen MR) is 126 cm³/mol. The van der Waals surface area contributed by atoms with Crippen molar-refractivity contribution < 1.29 is 4.79 Å². The van der Waals surface area contributed by atoms with Crippen LogP contribution < -0.4 is 5.32 Å². The number of rotatable bonds is 6. The highest BCUT2D eigenvalue weighted by atomic mass is 35.5. The minimum atomic E-state index is -0.139. The number of aromatic amines is 1. The summed E-state index contributed by atoms with van der Waals surface area (Å²) < 4.78 is 1.80. The van der Waals surface area contributed by atoms with Gasteiger partial charge in [0.1, 0.15) is 5.69 Å². The minimum absolute atomic E-state index is 0.114. The standard InChI is InChI=1S/C25H27ClN4O/c1-25(2,3)23-14-22(30(29-23)16-17-7-5-4-6-8-17)24(31)27-12-11-18-15-28-21-10-9-19(26)13-20(18)21/h4-10,13-15,28H,11-12,16H2,1-3H3,(H,27,31). The second kappa shape index (κ2) is 8.60. The molecule has 0 aliphatic carbocycles. The van der Waals surface area contributed by atoms with E-state index >= 15 is 0 Å². The smallest absolute Gasteiger partial charge is 0.269 e. The van der Waals surface area contributed by atoms with Crippen molar-refractivity contribution in [3.63, 3.8) is 0 Å². The molecule has 0 aliphatic heterocycles. The first-order chi connectivity index (χ1) is 14.8. The zero-order chi connectivity index (χ0) is 22.0. The van der Waals surface area contributed by atoms with Crippen molar-refractivity contribution in [1.29, 1.82) is 0 Å². The molecular formula is C25H27ClN4O. The fraction of sp³-hybridized carbons (Fsp3) is 0.280. The van der Waals surface area contributed by atoms with Crippen LogP contribution >= 0.6 is 11.6 Å². The Balaban J connectivity index is 1.50. The van der Waals surface area contributed by atoms with E-state index < -0.39 is 0 Å². The highest BCUT2D eigenvalue weighted by Gasteiger charge is 2.23. The van der Waals surface area contributed by atoms with Gasteiger partial charge in [0.25, 0.3) is 5.91 Å². The van der Waals surface area contributed by atoms with E-state index in [1.165, 1.54) is 0 Å². The van der Waals surface area contributed by atoms with Crippen LogP contribution in [0.25, 0.3) is 10.9 Å². The summed E-state index contributed by atoms with van der Waals surface area (Å²) in [6.07, 6.45) is 2.69. The van der Waals surface area contributed by atoms with Crippen molar-refractivity contribution in [3.8, 4) is 0 Å². The quantitative estimate of drug-likeness (QED) is 0.430. The van der Waals surface area contributed by atoms with Crippen molar-refractivity contribution in [2.24, 2.45) is 0 Å². The Hall–Kier alpha value is -3.05. The molecule has 6 heteroatoms. The first-order valence-electron chi connectivity index (χ1n) is 10.5. The number of hydrogen-bond donors (Lipinski definition) is 2. The summed E-state index contributed by atoms with van der Waals surface area (Å²) in [5, 5.41) is 9.60. The van der Waals surface area contributed by atoms with Crippen molar-refractivity contribution >= 4 is 28.4 Å². The van der Waals surface area contributed by atoms with Gasteiger partial charge in [-0.05, 0) is 41.8 Å². The molecule has 5 nitrogen and oxygen atoms in total. The lowest BCUT2D eigenvalue weighted by atomic mass is 9.92. The van der Waals surface area contributed by atoms with Gasteiger partial charge in [-0.25, -0.2) is 0 Å². The van der Waals surface area contributed by atoms with Crippen molar-refractivity contribution in [2.75, 3.05) is 6.54 Å². The van der Waals surface area contributed by atoms with Crippen LogP contribution in [0.3, 0.4) is 0 Å². The van der Waals surface area contributed by atoms with Gasteiger partial charge in [-0.2, -0.15) is 5.10 Å². The summed E-state index contributed by atoms with van der Waals surface area (Å²) in [7, 11) is 0. The lowest BCUT2D eigenvalue weighted by Crippen LogP contribution is -2.28. The highest BCUT2D eigenvalue weighted by molar-refractivity contribution is 6.31. The molecule has 0 spiro atoms. The summed E-state index contributed by atoms with van der Waals surface area (Å²) in [4.78, 5) is 16.3. The van der Waals surface area contributed by atoms with E-state index in [2.05, 4.69) is 31.1 Å². The molecule has 31 heavy (non-hydrogen) atoms. The lowest BCUT2D eigenvalue weighted by Gasteiger charge is -2.14. The van der Waals surface area contributed by atoms with E-state index in [1.54, 1.807) is 4.68 Å². The Morgan fingerprint density at radius 3 is 2.65 bits per heavy atom. The maximum Gasteiger partial charge on any atom is 0.269 e. The van der Waals surface area contributed by atoms with E-state index in [9.17, 15) is 4.79 Å². The molecule has 2 aromatic carbocycles. The SMILES string of the molecule is CC(C)(C)c1cc(C(=O)NCCc2c[nH]c3ccc(Cl)cc23)n(Cc2ccccc2)n1. The molecule has 1 amide bonds. The van der Waals surface area contributed by atoms with Crippen molar-refractivity contribution in [2.45, 2.75) is 39.2 Å². The Morgan fingerprint density at radius 1 is 1.13 bits per heavy atom. The summed E-state index contributed by atoms with van der Waals surface area (Å²) in [6.45, 7) is 7.39. The zero-order valence-corrected chi connectivity index (χ0v) is 18.8. The number of benzene rings is 2. The molecular weight excluding hydrogens is 408 g/mol. The number of carbonyl (C=O) groups excluding carboxylic acids is 1. The van der Waals surface area contributed by atoms with Crippen molar-refractivity contribution in [1.82, 2.24) is 20.1 Å². The Morgan fingerprint density at radius 2 is 1.90 bits per heavy atom. The maximum absolute atomic E-state index is 13.0. The lowest BCUT2D eigenvalue weighted by molar-refractivity contribution is 0.0944. The number of nitrogens with zero attached hydrogens (tertiary/aromatic N) is 2. The topological polar surface area (TPSA) is 62.7 Å². The monoisotopic (exact) mass is 434 g/mol. The zero-order valence-electron chi connectivity index (χ0n) is 18.1. The Bertz CT molecular complexity index is 1200. The number of amides is 1. The fourth-order valence-electron chi connectivity index (χ4n) is 3.60. The van der Waals surface area contributed by atoms with E-state index in [0.717, 1.165) is 27.7 Å². The van der Waals surface area contributed by atoms with E-state index in [-0.39, 0.29) is 11.3 Å². The average molecular weight is 435 g/mol. The van der Waals surface area contributed by atoms with Crippen LogP contribution in [0.1, 0.15) is 48.1 Å². The number of carbonyl (C=O) groups is 1. The van der Waals surface area contributed by atoms with Crippen LogP contribution in [0.2, 0.25) is 5.02 Å². The third-order valence-corrected chi connectivity index (χ3v) is 5.60. The van der Waals surface area contributed by atoms with Gasteiger partial charge in [0.2, 0.25) is 0 Å². The van der Waals surface area contributed by atoms with E-state index in [4.69, 9.17) is 16.7 Å². The van der Waals surface area contributed by atoms with Crippen LogP contribution in [-0.4, -0.2) is 27.2 Å². The molecule has 4 aromatic rings. The predicted octanol–water partition coefficient (Wildman–Crippen LogP) is 5.34. The molecule has 2 heterocycles. The molecule has 0 atom stereocenters. The number of hydrogen-bond acceptors (Lipinski definition) is 2. The average Bonchev–Trinajstić information content (AvgIpc) is 3.33. The van der Waals surface area contributed by atoms with E-state index in [0.29, 0.717) is 30.2 Å². The van der Waals surface area contributed by atoms with Gasteiger partial charge in [-0.1, -0.05) is 62.7 Å². The van der Waals surface area contributed by atoms with Crippen LogP contribution in [0, 0.1) is 0 Å². The number of H-pyrrole nitrogens is 1. The van der Waals surface area contributed by atoms with Gasteiger partial charge in [0.15, 0.2) is 0 Å². The number of halogens is 1. The normalized spacial score (nSPS) is 11.7. The fourth-order valence-corrected chi connectivity index (χ4v) is 3.77. The third kappa shape index (κ3) is 4.83. The van der Waals surface area contributed by atoms with Crippen LogP contribution in [0.5, 0.6) is 0 Å². The van der Waals surface area contributed by atoms with Crippen LogP contribution in [-0.2, 0) is 18.4 Å². The first-order valence-corrected chi connectivity index (χ1v) is 10.8. The van der Waals surface area contributed by atoms with Crippen LogP contribution in [0.4, 0.5) is 0 Å². The van der Waals surface area contributed by atoms with Crippen molar-refractivity contribution in [3.05, 3.63) is 88.3 Å². The molecule has 0 bridgehead atoms. The molecule has 4 rings (SSSR count). The summed E-state index contributed by atoms with van der Waals surface area (Å²) in [6, 6.07) is 17.8. The van der Waals surface area contributed by atoms with Crippen LogP contribution in [0.15, 0.2) is 60.8 Å². The number of aromatic nitrogens is 3. The molecule has 0 radical (unpaired) electrons. The largest absolute Gasteiger partial charge is 0.361 e. The summed E-state index contributed by atoms with van der Waals surface area (Å²) >= 11 is 6.14.